The van der Waals surface area contributed by atoms with Gasteiger partial charge in [0.15, 0.2) is 5.69 Å². The molecule has 30 heavy (non-hydrogen) atoms. The van der Waals surface area contributed by atoms with Crippen molar-refractivity contribution in [1.29, 1.82) is 0 Å². The predicted molar refractivity (Wildman–Crippen MR) is 115 cm³/mol. The van der Waals surface area contributed by atoms with Gasteiger partial charge in [0.05, 0.1) is 31.7 Å². The quantitative estimate of drug-likeness (QED) is 0.559. The SMILES string of the molecule is O=C(NCCC[NH+]1CCOCC1)c1nn(Cc2ccccc2)c(=O)c2ccccc12. The van der Waals surface area contributed by atoms with E-state index in [-0.39, 0.29) is 11.5 Å². The standard InChI is InChI=1S/C23H26N4O3/c28-22(24-11-6-12-26-13-15-30-16-14-26)21-19-9-4-5-10-20(19)23(29)27(25-21)17-18-7-2-1-3-8-18/h1-5,7-10H,6,11-17H2,(H,24,28)/p+1. The molecule has 1 amide bonds. The van der Waals surface area contributed by atoms with E-state index in [2.05, 4.69) is 10.4 Å². The van der Waals surface area contributed by atoms with Gasteiger partial charge in [0.25, 0.3) is 11.5 Å². The molecule has 1 aromatic heterocycles. The molecule has 2 aromatic carbocycles. The normalized spacial score (nSPS) is 14.7. The fourth-order valence-electron chi connectivity index (χ4n) is 3.80. The molecule has 0 aliphatic carbocycles. The predicted octanol–water partition coefficient (Wildman–Crippen LogP) is 0.480. The van der Waals surface area contributed by atoms with Crippen LogP contribution in [0.2, 0.25) is 0 Å². The van der Waals surface area contributed by atoms with Crippen LogP contribution in [-0.4, -0.2) is 55.1 Å². The number of hydrogen-bond acceptors (Lipinski definition) is 4. The number of rotatable bonds is 7. The van der Waals surface area contributed by atoms with Crippen LogP contribution in [0.1, 0.15) is 22.5 Å². The highest BCUT2D eigenvalue weighted by atomic mass is 16.5. The molecule has 1 saturated heterocycles. The number of hydrogen-bond donors (Lipinski definition) is 2. The number of ether oxygens (including phenoxy) is 1. The van der Waals surface area contributed by atoms with Gasteiger partial charge in [-0.15, -0.1) is 0 Å². The number of aromatic nitrogens is 2. The third kappa shape index (κ3) is 4.75. The van der Waals surface area contributed by atoms with Crippen molar-refractivity contribution >= 4 is 16.7 Å². The van der Waals surface area contributed by atoms with Gasteiger partial charge in [-0.2, -0.15) is 5.10 Å². The van der Waals surface area contributed by atoms with E-state index in [1.807, 2.05) is 42.5 Å². The summed E-state index contributed by atoms with van der Waals surface area (Å²) in [5.41, 5.74) is 1.06. The molecule has 3 aromatic rings. The first-order valence-corrected chi connectivity index (χ1v) is 10.5. The van der Waals surface area contributed by atoms with E-state index in [0.717, 1.165) is 44.8 Å². The van der Waals surface area contributed by atoms with Gasteiger partial charge in [0.1, 0.15) is 13.1 Å². The summed E-state index contributed by atoms with van der Waals surface area (Å²) in [6, 6.07) is 16.8. The van der Waals surface area contributed by atoms with Crippen LogP contribution in [0.4, 0.5) is 0 Å². The molecule has 1 aliphatic rings. The average Bonchev–Trinajstić information content (AvgIpc) is 2.80. The van der Waals surface area contributed by atoms with E-state index in [1.54, 1.807) is 12.1 Å². The molecule has 156 valence electrons. The summed E-state index contributed by atoms with van der Waals surface area (Å²) >= 11 is 0. The Hall–Kier alpha value is -3.03. The summed E-state index contributed by atoms with van der Waals surface area (Å²) < 4.78 is 6.76. The van der Waals surface area contributed by atoms with Gasteiger partial charge in [-0.1, -0.05) is 48.5 Å². The smallest absolute Gasteiger partial charge is 0.274 e. The van der Waals surface area contributed by atoms with Crippen molar-refractivity contribution in [1.82, 2.24) is 15.1 Å². The molecule has 2 heterocycles. The number of morpholine rings is 1. The van der Waals surface area contributed by atoms with E-state index >= 15 is 0 Å². The van der Waals surface area contributed by atoms with Crippen molar-refractivity contribution < 1.29 is 14.4 Å². The molecule has 1 aliphatic heterocycles. The van der Waals surface area contributed by atoms with Gasteiger partial charge >= 0.3 is 0 Å². The molecule has 4 rings (SSSR count). The second kappa shape index (κ2) is 9.65. The Kier molecular flexibility index (Phi) is 6.51. The topological polar surface area (TPSA) is 77.7 Å². The Balaban J connectivity index is 1.51. The van der Waals surface area contributed by atoms with Crippen LogP contribution in [0.3, 0.4) is 0 Å². The maximum atomic E-state index is 12.9. The molecule has 0 spiro atoms. The van der Waals surface area contributed by atoms with Crippen LogP contribution < -0.4 is 15.8 Å². The minimum absolute atomic E-state index is 0.193. The van der Waals surface area contributed by atoms with Crippen LogP contribution in [0.25, 0.3) is 10.8 Å². The zero-order valence-electron chi connectivity index (χ0n) is 17.0. The van der Waals surface area contributed by atoms with Crippen molar-refractivity contribution in [2.45, 2.75) is 13.0 Å². The van der Waals surface area contributed by atoms with Crippen LogP contribution in [0, 0.1) is 0 Å². The molecule has 1 fully saturated rings. The summed E-state index contributed by atoms with van der Waals surface area (Å²) in [7, 11) is 0. The number of carbonyl (C=O) groups excluding carboxylic acids is 1. The summed E-state index contributed by atoms with van der Waals surface area (Å²) in [5, 5.41) is 8.51. The first kappa shape index (κ1) is 20.3. The van der Waals surface area contributed by atoms with Crippen molar-refractivity contribution in [3.63, 3.8) is 0 Å². The number of nitrogens with one attached hydrogen (secondary N) is 2. The molecule has 0 bridgehead atoms. The first-order valence-electron chi connectivity index (χ1n) is 10.5. The molecule has 0 saturated carbocycles. The summed E-state index contributed by atoms with van der Waals surface area (Å²) in [6.07, 6.45) is 0.892. The lowest BCUT2D eigenvalue weighted by molar-refractivity contribution is -0.908. The molecule has 0 radical (unpaired) electrons. The number of benzene rings is 2. The van der Waals surface area contributed by atoms with E-state index in [9.17, 15) is 9.59 Å². The van der Waals surface area contributed by atoms with E-state index < -0.39 is 0 Å². The lowest BCUT2D eigenvalue weighted by Gasteiger charge is -2.23. The van der Waals surface area contributed by atoms with E-state index in [0.29, 0.717) is 29.6 Å². The first-order chi connectivity index (χ1) is 14.7. The Bertz CT molecular complexity index is 1060. The molecule has 7 nitrogen and oxygen atoms in total. The van der Waals surface area contributed by atoms with Crippen molar-refractivity contribution in [2.75, 3.05) is 39.4 Å². The zero-order chi connectivity index (χ0) is 20.8. The lowest BCUT2D eigenvalue weighted by atomic mass is 10.1. The Morgan fingerprint density at radius 1 is 1.03 bits per heavy atom. The number of carbonyl (C=O) groups is 1. The third-order valence-corrected chi connectivity index (χ3v) is 5.45. The van der Waals surface area contributed by atoms with Crippen LogP contribution in [0.5, 0.6) is 0 Å². The Morgan fingerprint density at radius 2 is 1.73 bits per heavy atom. The summed E-state index contributed by atoms with van der Waals surface area (Å²) in [4.78, 5) is 27.3. The Morgan fingerprint density at radius 3 is 2.50 bits per heavy atom. The van der Waals surface area contributed by atoms with Gasteiger partial charge < -0.3 is 15.0 Å². The summed E-state index contributed by atoms with van der Waals surface area (Å²) in [5.74, 6) is -0.245. The largest absolute Gasteiger partial charge is 0.370 e. The van der Waals surface area contributed by atoms with Crippen LogP contribution in [0.15, 0.2) is 59.4 Å². The zero-order valence-corrected chi connectivity index (χ0v) is 17.0. The third-order valence-electron chi connectivity index (χ3n) is 5.45. The number of nitrogens with zero attached hydrogens (tertiary/aromatic N) is 2. The van der Waals surface area contributed by atoms with Gasteiger partial charge in [0, 0.05) is 18.4 Å². The van der Waals surface area contributed by atoms with Gasteiger partial charge in [-0.05, 0) is 11.6 Å². The molecular formula is C23H27N4O3+. The van der Waals surface area contributed by atoms with Crippen molar-refractivity contribution in [2.24, 2.45) is 0 Å². The highest BCUT2D eigenvalue weighted by Crippen LogP contribution is 2.14. The van der Waals surface area contributed by atoms with Crippen molar-refractivity contribution in [3.8, 4) is 0 Å². The fourth-order valence-corrected chi connectivity index (χ4v) is 3.80. The molecule has 7 heteroatoms. The van der Waals surface area contributed by atoms with Gasteiger partial charge in [0.2, 0.25) is 0 Å². The minimum Gasteiger partial charge on any atom is -0.370 e. The molecule has 2 N–H and O–H groups in total. The fraction of sp³-hybridized carbons (Fsp3) is 0.348. The molecular weight excluding hydrogens is 380 g/mol. The minimum atomic E-state index is -0.245. The van der Waals surface area contributed by atoms with Crippen LogP contribution in [-0.2, 0) is 11.3 Å². The van der Waals surface area contributed by atoms with Crippen LogP contribution >= 0.6 is 0 Å². The van der Waals surface area contributed by atoms with E-state index in [1.165, 1.54) is 9.58 Å². The highest BCUT2D eigenvalue weighted by molar-refractivity contribution is 6.04. The molecule has 0 atom stereocenters. The number of amides is 1. The maximum absolute atomic E-state index is 12.9. The second-order valence-corrected chi connectivity index (χ2v) is 7.56. The number of fused-ring (bicyclic) bond motifs is 1. The number of quaternary nitrogens is 1. The van der Waals surface area contributed by atoms with Crippen molar-refractivity contribution in [3.05, 3.63) is 76.2 Å². The Labute approximate surface area is 175 Å². The monoisotopic (exact) mass is 407 g/mol. The van der Waals surface area contributed by atoms with Gasteiger partial charge in [-0.25, -0.2) is 4.68 Å². The maximum Gasteiger partial charge on any atom is 0.274 e. The average molecular weight is 407 g/mol. The molecule has 0 unspecified atom stereocenters. The summed E-state index contributed by atoms with van der Waals surface area (Å²) in [6.45, 7) is 5.56. The highest BCUT2D eigenvalue weighted by Gasteiger charge is 2.17. The lowest BCUT2D eigenvalue weighted by Crippen LogP contribution is -3.14. The van der Waals surface area contributed by atoms with E-state index in [4.69, 9.17) is 4.74 Å². The van der Waals surface area contributed by atoms with Gasteiger partial charge in [-0.3, -0.25) is 9.59 Å². The second-order valence-electron chi connectivity index (χ2n) is 7.56.